The highest BCUT2D eigenvalue weighted by molar-refractivity contribution is 6.07. The molecule has 0 fully saturated rings. The third-order valence-corrected chi connectivity index (χ3v) is 2.13. The van der Waals surface area contributed by atoms with E-state index in [1.807, 2.05) is 30.3 Å². The summed E-state index contributed by atoms with van der Waals surface area (Å²) in [6, 6.07) is 10.8. The Hall–Kier alpha value is -2.36. The number of carbonyl (C=O) groups is 1. The number of rotatable bonds is 2. The molecule has 0 aliphatic heterocycles. The number of nitrogens with two attached hydrogens (primary N) is 1. The van der Waals surface area contributed by atoms with Crippen LogP contribution in [0.25, 0.3) is 0 Å². The van der Waals surface area contributed by atoms with Gasteiger partial charge < -0.3 is 11.1 Å². The normalized spacial score (nSPS) is 9.75. The summed E-state index contributed by atoms with van der Waals surface area (Å²) in [6.45, 7) is 0. The van der Waals surface area contributed by atoms with Crippen LogP contribution in [0.5, 0.6) is 0 Å². The van der Waals surface area contributed by atoms with Gasteiger partial charge in [-0.05, 0) is 18.2 Å². The van der Waals surface area contributed by atoms with E-state index in [2.05, 4.69) is 10.3 Å². The second-order valence-electron chi connectivity index (χ2n) is 3.28. The summed E-state index contributed by atoms with van der Waals surface area (Å²) in [7, 11) is 0. The van der Waals surface area contributed by atoms with Crippen LogP contribution < -0.4 is 11.1 Å². The number of nitrogens with one attached hydrogen (secondary N) is 1. The first-order valence-corrected chi connectivity index (χ1v) is 4.83. The van der Waals surface area contributed by atoms with E-state index in [1.54, 1.807) is 6.07 Å². The molecule has 80 valence electrons. The van der Waals surface area contributed by atoms with Gasteiger partial charge in [-0.3, -0.25) is 9.78 Å². The fourth-order valence-electron chi connectivity index (χ4n) is 1.33. The van der Waals surface area contributed by atoms with Gasteiger partial charge in [0, 0.05) is 11.9 Å². The molecule has 4 heteroatoms. The molecule has 0 aliphatic carbocycles. The van der Waals surface area contributed by atoms with E-state index >= 15 is 0 Å². The molecule has 0 radical (unpaired) electrons. The molecule has 0 spiro atoms. The lowest BCUT2D eigenvalue weighted by Gasteiger charge is -2.06. The largest absolute Gasteiger partial charge is 0.397 e. The first kappa shape index (κ1) is 10.2. The molecule has 16 heavy (non-hydrogen) atoms. The SMILES string of the molecule is Nc1cnccc1C(=O)Nc1ccccc1. The summed E-state index contributed by atoms with van der Waals surface area (Å²) >= 11 is 0. The van der Waals surface area contributed by atoms with Gasteiger partial charge in [-0.2, -0.15) is 0 Å². The van der Waals surface area contributed by atoms with Gasteiger partial charge in [-0.15, -0.1) is 0 Å². The monoisotopic (exact) mass is 213 g/mol. The molecular weight excluding hydrogens is 202 g/mol. The Kier molecular flexibility index (Phi) is 2.82. The van der Waals surface area contributed by atoms with E-state index in [1.165, 1.54) is 12.4 Å². The lowest BCUT2D eigenvalue weighted by atomic mass is 10.2. The van der Waals surface area contributed by atoms with Crippen LogP contribution in [-0.2, 0) is 0 Å². The summed E-state index contributed by atoms with van der Waals surface area (Å²) in [5.41, 5.74) is 7.19. The smallest absolute Gasteiger partial charge is 0.257 e. The molecule has 0 aliphatic rings. The van der Waals surface area contributed by atoms with Gasteiger partial charge in [-0.25, -0.2) is 0 Å². The molecule has 0 unspecified atom stereocenters. The van der Waals surface area contributed by atoms with Crippen molar-refractivity contribution in [3.05, 3.63) is 54.4 Å². The molecule has 1 aromatic heterocycles. The summed E-state index contributed by atoms with van der Waals surface area (Å²) in [6.07, 6.45) is 3.00. The third-order valence-electron chi connectivity index (χ3n) is 2.13. The number of benzene rings is 1. The minimum absolute atomic E-state index is 0.230. The Labute approximate surface area is 93.1 Å². The zero-order valence-corrected chi connectivity index (χ0v) is 8.55. The average molecular weight is 213 g/mol. The van der Waals surface area contributed by atoms with Crippen molar-refractivity contribution in [1.82, 2.24) is 4.98 Å². The van der Waals surface area contributed by atoms with E-state index in [4.69, 9.17) is 5.73 Å². The maximum Gasteiger partial charge on any atom is 0.257 e. The number of para-hydroxylation sites is 1. The second-order valence-corrected chi connectivity index (χ2v) is 3.28. The maximum absolute atomic E-state index is 11.8. The Morgan fingerprint density at radius 3 is 2.62 bits per heavy atom. The van der Waals surface area contributed by atoms with Gasteiger partial charge in [0.25, 0.3) is 5.91 Å². The van der Waals surface area contributed by atoms with Crippen LogP contribution in [0.3, 0.4) is 0 Å². The van der Waals surface area contributed by atoms with E-state index in [-0.39, 0.29) is 5.91 Å². The number of carbonyl (C=O) groups excluding carboxylic acids is 1. The van der Waals surface area contributed by atoms with Crippen LogP contribution in [0.15, 0.2) is 48.8 Å². The number of nitrogen functional groups attached to an aromatic ring is 1. The maximum atomic E-state index is 11.8. The minimum Gasteiger partial charge on any atom is -0.397 e. The predicted octanol–water partition coefficient (Wildman–Crippen LogP) is 1.92. The number of aromatic nitrogens is 1. The number of amides is 1. The Bertz CT molecular complexity index is 497. The van der Waals surface area contributed by atoms with Crippen molar-refractivity contribution in [1.29, 1.82) is 0 Å². The topological polar surface area (TPSA) is 68.0 Å². The minimum atomic E-state index is -0.230. The van der Waals surface area contributed by atoms with Crippen molar-refractivity contribution in [2.24, 2.45) is 0 Å². The van der Waals surface area contributed by atoms with E-state index in [0.29, 0.717) is 11.3 Å². The van der Waals surface area contributed by atoms with Gasteiger partial charge in [-0.1, -0.05) is 18.2 Å². The lowest BCUT2D eigenvalue weighted by molar-refractivity contribution is 0.102. The highest BCUT2D eigenvalue weighted by Crippen LogP contribution is 2.12. The molecule has 0 saturated heterocycles. The van der Waals surface area contributed by atoms with Crippen LogP contribution in [-0.4, -0.2) is 10.9 Å². The highest BCUT2D eigenvalue weighted by atomic mass is 16.1. The van der Waals surface area contributed by atoms with E-state index in [0.717, 1.165) is 5.69 Å². The van der Waals surface area contributed by atoms with Crippen LogP contribution in [0, 0.1) is 0 Å². The van der Waals surface area contributed by atoms with Gasteiger partial charge in [0.15, 0.2) is 0 Å². The van der Waals surface area contributed by atoms with Crippen LogP contribution >= 0.6 is 0 Å². The first-order chi connectivity index (χ1) is 7.77. The van der Waals surface area contributed by atoms with Gasteiger partial charge in [0.2, 0.25) is 0 Å². The van der Waals surface area contributed by atoms with Crippen molar-refractivity contribution < 1.29 is 4.79 Å². The first-order valence-electron chi connectivity index (χ1n) is 4.83. The van der Waals surface area contributed by atoms with Gasteiger partial charge in [0.1, 0.15) is 0 Å². The second kappa shape index (κ2) is 4.44. The summed E-state index contributed by atoms with van der Waals surface area (Å²) < 4.78 is 0. The predicted molar refractivity (Wildman–Crippen MR) is 63.0 cm³/mol. The van der Waals surface area contributed by atoms with E-state index < -0.39 is 0 Å². The molecule has 2 rings (SSSR count). The Balaban J connectivity index is 2.19. The van der Waals surface area contributed by atoms with Crippen LogP contribution in [0.2, 0.25) is 0 Å². The van der Waals surface area contributed by atoms with Gasteiger partial charge in [0.05, 0.1) is 17.4 Å². The van der Waals surface area contributed by atoms with Crippen molar-refractivity contribution in [3.8, 4) is 0 Å². The quantitative estimate of drug-likeness (QED) is 0.800. The number of hydrogen-bond acceptors (Lipinski definition) is 3. The number of anilines is 2. The van der Waals surface area contributed by atoms with Crippen LogP contribution in [0.1, 0.15) is 10.4 Å². The summed E-state index contributed by atoms with van der Waals surface area (Å²) in [5, 5.41) is 2.75. The highest BCUT2D eigenvalue weighted by Gasteiger charge is 2.08. The fraction of sp³-hybridized carbons (Fsp3) is 0. The number of pyridine rings is 1. The molecule has 3 N–H and O–H groups in total. The molecule has 2 aromatic rings. The summed E-state index contributed by atoms with van der Waals surface area (Å²) in [5.74, 6) is -0.230. The fourth-order valence-corrected chi connectivity index (χ4v) is 1.33. The van der Waals surface area contributed by atoms with Crippen molar-refractivity contribution in [3.63, 3.8) is 0 Å². The Morgan fingerprint density at radius 2 is 1.94 bits per heavy atom. The number of hydrogen-bond donors (Lipinski definition) is 2. The van der Waals surface area contributed by atoms with Crippen molar-refractivity contribution >= 4 is 17.3 Å². The molecule has 1 aromatic carbocycles. The number of nitrogens with zero attached hydrogens (tertiary/aromatic N) is 1. The molecule has 1 amide bonds. The van der Waals surface area contributed by atoms with E-state index in [9.17, 15) is 4.79 Å². The lowest BCUT2D eigenvalue weighted by Crippen LogP contribution is -2.13. The Morgan fingerprint density at radius 1 is 1.19 bits per heavy atom. The average Bonchev–Trinajstić information content (AvgIpc) is 2.31. The standard InChI is InChI=1S/C12H11N3O/c13-11-8-14-7-6-10(11)12(16)15-9-4-2-1-3-5-9/h1-8H,13H2,(H,15,16). The van der Waals surface area contributed by atoms with Crippen molar-refractivity contribution in [2.75, 3.05) is 11.1 Å². The molecule has 0 bridgehead atoms. The third kappa shape index (κ3) is 2.17. The molecule has 0 atom stereocenters. The van der Waals surface area contributed by atoms with Gasteiger partial charge >= 0.3 is 0 Å². The summed E-state index contributed by atoms with van der Waals surface area (Å²) in [4.78, 5) is 15.6. The molecule has 1 heterocycles. The molecular formula is C12H11N3O. The molecule has 4 nitrogen and oxygen atoms in total. The zero-order valence-electron chi connectivity index (χ0n) is 8.55. The van der Waals surface area contributed by atoms with Crippen molar-refractivity contribution in [2.45, 2.75) is 0 Å². The van der Waals surface area contributed by atoms with Crippen LogP contribution in [0.4, 0.5) is 11.4 Å². The zero-order chi connectivity index (χ0) is 11.4. The molecule has 0 saturated carbocycles.